The molecule has 0 amide bonds. The Labute approximate surface area is 127 Å². The van der Waals surface area contributed by atoms with Gasteiger partial charge in [-0.3, -0.25) is 4.90 Å². The Hall–Kier alpha value is -0.420. The zero-order valence-electron chi connectivity index (χ0n) is 13.2. The number of thiophene rings is 1. The van der Waals surface area contributed by atoms with Crippen LogP contribution in [0.15, 0.2) is 12.1 Å². The Bertz CT molecular complexity index is 416. The van der Waals surface area contributed by atoms with Crippen LogP contribution in [0.25, 0.3) is 0 Å². The summed E-state index contributed by atoms with van der Waals surface area (Å²) in [5.74, 6) is 0. The molecule has 3 nitrogen and oxygen atoms in total. The SMILES string of the molecule is CCCNCc1ccc(CN2CC(C)OC(C)(C)C2)s1. The maximum atomic E-state index is 5.96. The maximum absolute atomic E-state index is 5.96. The van der Waals surface area contributed by atoms with Crippen molar-refractivity contribution in [1.82, 2.24) is 10.2 Å². The van der Waals surface area contributed by atoms with Crippen LogP contribution in [0, 0.1) is 0 Å². The van der Waals surface area contributed by atoms with E-state index in [1.54, 1.807) is 0 Å². The number of rotatable bonds is 6. The Balaban J connectivity index is 1.86. The summed E-state index contributed by atoms with van der Waals surface area (Å²) in [6.45, 7) is 13.9. The molecule has 1 atom stereocenters. The zero-order chi connectivity index (χ0) is 14.6. The Kier molecular flexibility index (Phi) is 5.61. The lowest BCUT2D eigenvalue weighted by molar-refractivity contribution is -0.130. The van der Waals surface area contributed by atoms with Crippen molar-refractivity contribution in [3.8, 4) is 0 Å². The zero-order valence-corrected chi connectivity index (χ0v) is 14.1. The Morgan fingerprint density at radius 2 is 2.15 bits per heavy atom. The van der Waals surface area contributed by atoms with Crippen molar-refractivity contribution < 1.29 is 4.74 Å². The molecule has 0 aromatic carbocycles. The van der Waals surface area contributed by atoms with Crippen LogP contribution in [0.2, 0.25) is 0 Å². The summed E-state index contributed by atoms with van der Waals surface area (Å²) in [4.78, 5) is 5.42. The van der Waals surface area contributed by atoms with Crippen molar-refractivity contribution in [2.75, 3.05) is 19.6 Å². The van der Waals surface area contributed by atoms with Gasteiger partial charge in [0, 0.05) is 35.9 Å². The number of hydrogen-bond donors (Lipinski definition) is 1. The largest absolute Gasteiger partial charge is 0.370 e. The Morgan fingerprint density at radius 1 is 1.40 bits per heavy atom. The van der Waals surface area contributed by atoms with Crippen LogP contribution < -0.4 is 5.32 Å². The van der Waals surface area contributed by atoms with Crippen LogP contribution >= 0.6 is 11.3 Å². The molecule has 4 heteroatoms. The van der Waals surface area contributed by atoms with Crippen molar-refractivity contribution >= 4 is 11.3 Å². The van der Waals surface area contributed by atoms with Crippen molar-refractivity contribution in [3.63, 3.8) is 0 Å². The highest BCUT2D eigenvalue weighted by molar-refractivity contribution is 7.11. The van der Waals surface area contributed by atoms with Gasteiger partial charge in [0.2, 0.25) is 0 Å². The number of morpholine rings is 1. The van der Waals surface area contributed by atoms with Gasteiger partial charge in [0.05, 0.1) is 11.7 Å². The number of nitrogens with zero attached hydrogens (tertiary/aromatic N) is 1. The molecular formula is C16H28N2OS. The summed E-state index contributed by atoms with van der Waals surface area (Å²) in [6, 6.07) is 4.54. The fraction of sp³-hybridized carbons (Fsp3) is 0.750. The molecule has 1 aromatic heterocycles. The van der Waals surface area contributed by atoms with E-state index in [0.29, 0.717) is 6.10 Å². The number of nitrogens with one attached hydrogen (secondary N) is 1. The monoisotopic (exact) mass is 296 g/mol. The topological polar surface area (TPSA) is 24.5 Å². The first-order valence-electron chi connectivity index (χ1n) is 7.67. The third-order valence-electron chi connectivity index (χ3n) is 3.46. The van der Waals surface area contributed by atoms with E-state index in [1.165, 1.54) is 16.2 Å². The molecule has 1 aliphatic rings. The molecule has 114 valence electrons. The van der Waals surface area contributed by atoms with Crippen LogP contribution in [0.5, 0.6) is 0 Å². The second-order valence-electron chi connectivity index (χ2n) is 6.40. The molecule has 1 aliphatic heterocycles. The first-order valence-corrected chi connectivity index (χ1v) is 8.48. The van der Waals surface area contributed by atoms with Gasteiger partial charge in [-0.05, 0) is 45.9 Å². The molecule has 20 heavy (non-hydrogen) atoms. The normalized spacial score (nSPS) is 23.1. The lowest BCUT2D eigenvalue weighted by Gasteiger charge is -2.41. The van der Waals surface area contributed by atoms with Crippen molar-refractivity contribution in [3.05, 3.63) is 21.9 Å². The minimum atomic E-state index is -0.0273. The van der Waals surface area contributed by atoms with E-state index in [2.05, 4.69) is 50.0 Å². The fourth-order valence-corrected chi connectivity index (χ4v) is 3.95. The fourth-order valence-electron chi connectivity index (χ4n) is 2.92. The van der Waals surface area contributed by atoms with Gasteiger partial charge in [-0.2, -0.15) is 0 Å². The van der Waals surface area contributed by atoms with Gasteiger partial charge in [-0.25, -0.2) is 0 Å². The molecule has 0 bridgehead atoms. The molecule has 1 N–H and O–H groups in total. The summed E-state index contributed by atoms with van der Waals surface area (Å²) >= 11 is 1.93. The molecule has 1 aromatic rings. The molecule has 2 rings (SSSR count). The summed E-state index contributed by atoms with van der Waals surface area (Å²) < 4.78 is 5.96. The molecule has 1 fully saturated rings. The molecule has 2 heterocycles. The predicted octanol–water partition coefficient (Wildman–Crippen LogP) is 3.25. The third-order valence-corrected chi connectivity index (χ3v) is 4.53. The Morgan fingerprint density at radius 3 is 2.85 bits per heavy atom. The molecule has 1 saturated heterocycles. The average Bonchev–Trinajstić information content (AvgIpc) is 2.74. The van der Waals surface area contributed by atoms with Gasteiger partial charge < -0.3 is 10.1 Å². The lowest BCUT2D eigenvalue weighted by Crippen LogP contribution is -2.51. The first kappa shape index (κ1) is 16.0. The smallest absolute Gasteiger partial charge is 0.0757 e. The molecule has 0 spiro atoms. The molecule has 0 aliphatic carbocycles. The van der Waals surface area contributed by atoms with Crippen LogP contribution in [0.1, 0.15) is 43.9 Å². The van der Waals surface area contributed by atoms with Crippen molar-refractivity contribution in [2.24, 2.45) is 0 Å². The quantitative estimate of drug-likeness (QED) is 0.816. The molecule has 0 radical (unpaired) electrons. The van der Waals surface area contributed by atoms with E-state index in [0.717, 1.165) is 32.7 Å². The summed E-state index contributed by atoms with van der Waals surface area (Å²) in [5.41, 5.74) is -0.0273. The van der Waals surface area contributed by atoms with Gasteiger partial charge in [0.25, 0.3) is 0 Å². The predicted molar refractivity (Wildman–Crippen MR) is 86.2 cm³/mol. The number of hydrogen-bond acceptors (Lipinski definition) is 4. The van der Waals surface area contributed by atoms with E-state index in [-0.39, 0.29) is 5.60 Å². The average molecular weight is 296 g/mol. The van der Waals surface area contributed by atoms with Crippen LogP contribution in [0.4, 0.5) is 0 Å². The summed E-state index contributed by atoms with van der Waals surface area (Å²) in [5, 5.41) is 3.47. The van der Waals surface area contributed by atoms with Crippen LogP contribution in [-0.4, -0.2) is 36.2 Å². The van der Waals surface area contributed by atoms with Gasteiger partial charge in [0.1, 0.15) is 0 Å². The van der Waals surface area contributed by atoms with Gasteiger partial charge in [-0.15, -0.1) is 11.3 Å². The van der Waals surface area contributed by atoms with E-state index >= 15 is 0 Å². The van der Waals surface area contributed by atoms with Crippen LogP contribution in [0.3, 0.4) is 0 Å². The highest BCUT2D eigenvalue weighted by Gasteiger charge is 2.31. The molecule has 1 unspecified atom stereocenters. The highest BCUT2D eigenvalue weighted by atomic mass is 32.1. The lowest BCUT2D eigenvalue weighted by atomic mass is 10.1. The van der Waals surface area contributed by atoms with Gasteiger partial charge in [0.15, 0.2) is 0 Å². The number of ether oxygens (including phenoxy) is 1. The third kappa shape index (κ3) is 4.85. The summed E-state index contributed by atoms with van der Waals surface area (Å²) in [6.07, 6.45) is 1.52. The highest BCUT2D eigenvalue weighted by Crippen LogP contribution is 2.24. The second kappa shape index (κ2) is 7.03. The van der Waals surface area contributed by atoms with E-state index in [1.807, 2.05) is 11.3 Å². The van der Waals surface area contributed by atoms with E-state index in [9.17, 15) is 0 Å². The first-order chi connectivity index (χ1) is 9.48. The second-order valence-corrected chi connectivity index (χ2v) is 7.66. The standard InChI is InChI=1S/C16H28N2OS/c1-5-8-17-9-14-6-7-15(20-14)11-18-10-13(2)19-16(3,4)12-18/h6-7,13,17H,5,8-12H2,1-4H3. The minimum absolute atomic E-state index is 0.0273. The minimum Gasteiger partial charge on any atom is -0.370 e. The van der Waals surface area contributed by atoms with E-state index < -0.39 is 0 Å². The van der Waals surface area contributed by atoms with Crippen LogP contribution in [-0.2, 0) is 17.8 Å². The van der Waals surface area contributed by atoms with Crippen molar-refractivity contribution in [2.45, 2.75) is 58.9 Å². The van der Waals surface area contributed by atoms with Gasteiger partial charge >= 0.3 is 0 Å². The molecular weight excluding hydrogens is 268 g/mol. The summed E-state index contributed by atoms with van der Waals surface area (Å²) in [7, 11) is 0. The van der Waals surface area contributed by atoms with Gasteiger partial charge in [-0.1, -0.05) is 6.92 Å². The maximum Gasteiger partial charge on any atom is 0.0757 e. The van der Waals surface area contributed by atoms with E-state index in [4.69, 9.17) is 4.74 Å². The molecule has 0 saturated carbocycles. The van der Waals surface area contributed by atoms with Crippen molar-refractivity contribution in [1.29, 1.82) is 0 Å².